The molecule has 1 heterocycles. The Morgan fingerprint density at radius 1 is 0.548 bits per heavy atom. The maximum absolute atomic E-state index is 13.0. The van der Waals surface area contributed by atoms with E-state index in [1.165, 1.54) is 128 Å². The Hall–Kier alpha value is -2.11. The van der Waals surface area contributed by atoms with Crippen LogP contribution in [-0.4, -0.2) is 87.5 Å². The number of hydrogen-bond donors (Lipinski definition) is 6. The van der Waals surface area contributed by atoms with E-state index in [2.05, 4.69) is 67.8 Å². The van der Waals surface area contributed by atoms with E-state index >= 15 is 0 Å². The molecule has 6 N–H and O–H groups in total. The highest BCUT2D eigenvalue weighted by atomic mass is 16.7. The minimum absolute atomic E-state index is 0.196. The zero-order valence-corrected chi connectivity index (χ0v) is 39.6. The van der Waals surface area contributed by atoms with Crippen LogP contribution in [0.25, 0.3) is 0 Å². The molecule has 9 heteroatoms. The molecule has 0 radical (unpaired) electrons. The highest BCUT2D eigenvalue weighted by molar-refractivity contribution is 5.76. The van der Waals surface area contributed by atoms with E-state index in [0.29, 0.717) is 6.42 Å². The lowest BCUT2D eigenvalue weighted by Gasteiger charge is -2.40. The third-order valence-electron chi connectivity index (χ3n) is 11.8. The average Bonchev–Trinajstić information content (AvgIpc) is 3.27. The molecular weight excluding hydrogens is 779 g/mol. The first-order valence-corrected chi connectivity index (χ1v) is 25.5. The first kappa shape index (κ1) is 57.9. The molecule has 7 atom stereocenters. The van der Waals surface area contributed by atoms with Gasteiger partial charge in [-0.2, -0.15) is 0 Å². The Balaban J connectivity index is 2.32. The molecule has 0 saturated carbocycles. The monoisotopic (exact) mass is 874 g/mol. The van der Waals surface area contributed by atoms with Crippen molar-refractivity contribution in [3.63, 3.8) is 0 Å². The van der Waals surface area contributed by atoms with Gasteiger partial charge in [-0.05, 0) is 70.6 Å². The van der Waals surface area contributed by atoms with Crippen molar-refractivity contribution in [2.45, 2.75) is 256 Å². The van der Waals surface area contributed by atoms with Crippen LogP contribution in [0.3, 0.4) is 0 Å². The summed E-state index contributed by atoms with van der Waals surface area (Å²) in [7, 11) is 0. The Morgan fingerprint density at radius 2 is 0.968 bits per heavy atom. The zero-order valence-electron chi connectivity index (χ0n) is 39.6. The molecule has 62 heavy (non-hydrogen) atoms. The summed E-state index contributed by atoms with van der Waals surface area (Å²) in [5, 5.41) is 54.3. The summed E-state index contributed by atoms with van der Waals surface area (Å²) in [4.78, 5) is 13.0. The predicted molar refractivity (Wildman–Crippen MR) is 258 cm³/mol. The third kappa shape index (κ3) is 32.5. The van der Waals surface area contributed by atoms with Crippen molar-refractivity contribution in [3.8, 4) is 0 Å². The first-order valence-electron chi connectivity index (χ1n) is 25.5. The normalized spacial score (nSPS) is 20.8. The summed E-state index contributed by atoms with van der Waals surface area (Å²) < 4.78 is 11.2. The molecule has 1 saturated heterocycles. The number of carbonyl (C=O) groups excluding carboxylic acids is 1. The van der Waals surface area contributed by atoms with E-state index in [4.69, 9.17) is 9.47 Å². The second-order valence-corrected chi connectivity index (χ2v) is 17.6. The van der Waals surface area contributed by atoms with Gasteiger partial charge in [-0.15, -0.1) is 0 Å². The van der Waals surface area contributed by atoms with Gasteiger partial charge in [0.15, 0.2) is 6.29 Å². The minimum Gasteiger partial charge on any atom is -0.394 e. The molecule has 0 aliphatic carbocycles. The molecular formula is C53H95NO8. The first-order chi connectivity index (χ1) is 30.3. The summed E-state index contributed by atoms with van der Waals surface area (Å²) in [6, 6.07) is -0.828. The number of nitrogens with one attached hydrogen (secondary N) is 1. The van der Waals surface area contributed by atoms with Crippen molar-refractivity contribution in [2.75, 3.05) is 13.2 Å². The van der Waals surface area contributed by atoms with E-state index in [9.17, 15) is 30.3 Å². The molecule has 360 valence electrons. The summed E-state index contributed by atoms with van der Waals surface area (Å²) in [5.74, 6) is -0.196. The van der Waals surface area contributed by atoms with E-state index in [1.807, 2.05) is 6.08 Å². The van der Waals surface area contributed by atoms with Crippen LogP contribution in [0.2, 0.25) is 0 Å². The fourth-order valence-corrected chi connectivity index (χ4v) is 7.71. The molecule has 0 spiro atoms. The largest absolute Gasteiger partial charge is 0.394 e. The van der Waals surface area contributed by atoms with Gasteiger partial charge in [-0.3, -0.25) is 4.79 Å². The number of amides is 1. The molecule has 0 aromatic carbocycles. The topological polar surface area (TPSA) is 149 Å². The maximum atomic E-state index is 13.0. The van der Waals surface area contributed by atoms with Crippen molar-refractivity contribution in [3.05, 3.63) is 60.8 Å². The van der Waals surface area contributed by atoms with E-state index in [0.717, 1.165) is 64.2 Å². The Labute approximate surface area is 379 Å². The summed E-state index contributed by atoms with van der Waals surface area (Å²) in [6.45, 7) is 3.74. The number of ether oxygens (including phenoxy) is 2. The predicted octanol–water partition coefficient (Wildman–Crippen LogP) is 11.6. The van der Waals surface area contributed by atoms with Gasteiger partial charge in [-0.1, -0.05) is 197 Å². The van der Waals surface area contributed by atoms with Crippen LogP contribution in [-0.2, 0) is 14.3 Å². The van der Waals surface area contributed by atoms with Crippen molar-refractivity contribution in [2.24, 2.45) is 0 Å². The lowest BCUT2D eigenvalue weighted by Crippen LogP contribution is -2.60. The number of hydrogen-bond acceptors (Lipinski definition) is 8. The van der Waals surface area contributed by atoms with E-state index in [1.54, 1.807) is 6.08 Å². The minimum atomic E-state index is -1.57. The van der Waals surface area contributed by atoms with Gasteiger partial charge in [0.25, 0.3) is 0 Å². The number of allylic oxidation sites excluding steroid dienone is 9. The molecule has 1 fully saturated rings. The average molecular weight is 874 g/mol. The van der Waals surface area contributed by atoms with Gasteiger partial charge in [0.2, 0.25) is 5.91 Å². The summed E-state index contributed by atoms with van der Waals surface area (Å²) in [6.07, 6.45) is 49.8. The van der Waals surface area contributed by atoms with E-state index < -0.39 is 49.5 Å². The number of rotatable bonds is 42. The molecule has 0 aromatic rings. The molecule has 0 aromatic heterocycles. The molecule has 0 bridgehead atoms. The molecule has 1 aliphatic rings. The molecule has 1 amide bonds. The number of carbonyl (C=O) groups is 1. The van der Waals surface area contributed by atoms with Crippen LogP contribution in [0, 0.1) is 0 Å². The Morgan fingerprint density at radius 3 is 1.47 bits per heavy atom. The van der Waals surface area contributed by atoms with Gasteiger partial charge in [0.05, 0.1) is 25.4 Å². The SMILES string of the molecule is CCCCCCC/C=C\C/C=C\C/C=C\CCCCCCCCCCC(=O)NC(COC1OC(CO)C(O)C(O)C1O)C(O)/C=C/CC/C=C/CCCCCCCCCCCC. The van der Waals surface area contributed by atoms with Crippen LogP contribution < -0.4 is 5.32 Å². The third-order valence-corrected chi connectivity index (χ3v) is 11.8. The highest BCUT2D eigenvalue weighted by Crippen LogP contribution is 2.22. The van der Waals surface area contributed by atoms with Crippen LogP contribution in [0.5, 0.6) is 0 Å². The van der Waals surface area contributed by atoms with Gasteiger partial charge in [0.1, 0.15) is 24.4 Å². The van der Waals surface area contributed by atoms with Crippen LogP contribution in [0.4, 0.5) is 0 Å². The van der Waals surface area contributed by atoms with Crippen LogP contribution >= 0.6 is 0 Å². The van der Waals surface area contributed by atoms with Crippen molar-refractivity contribution >= 4 is 5.91 Å². The number of unbranched alkanes of at least 4 members (excludes halogenated alkanes) is 24. The Bertz CT molecular complexity index is 1150. The molecule has 9 nitrogen and oxygen atoms in total. The molecule has 1 rings (SSSR count). The molecule has 1 aliphatic heterocycles. The summed E-state index contributed by atoms with van der Waals surface area (Å²) in [5.41, 5.74) is 0. The quantitative estimate of drug-likeness (QED) is 0.0262. The van der Waals surface area contributed by atoms with Gasteiger partial charge in [0, 0.05) is 6.42 Å². The van der Waals surface area contributed by atoms with Crippen LogP contribution in [0.15, 0.2) is 60.8 Å². The standard InChI is InChI=1S/C53H95NO8/c1-3-5-7-9-11-13-15-17-19-21-22-23-24-25-26-27-29-31-33-35-37-39-41-43-49(57)54-46(45-61-53-52(60)51(59)50(58)48(44-55)62-53)47(56)42-40-38-36-34-32-30-28-20-18-16-14-12-10-8-6-4-2/h15,17,21-22,24-25,32,34,40,42,46-48,50-53,55-56,58-60H,3-14,16,18-20,23,26-31,33,35-39,41,43-45H2,1-2H3,(H,54,57)/b17-15-,22-21-,25-24-,34-32+,42-40+. The van der Waals surface area contributed by atoms with Crippen LogP contribution in [0.1, 0.15) is 213 Å². The summed E-state index contributed by atoms with van der Waals surface area (Å²) >= 11 is 0. The van der Waals surface area contributed by atoms with Crippen molar-refractivity contribution < 1.29 is 39.8 Å². The van der Waals surface area contributed by atoms with Crippen molar-refractivity contribution in [1.29, 1.82) is 0 Å². The maximum Gasteiger partial charge on any atom is 0.220 e. The van der Waals surface area contributed by atoms with Crippen molar-refractivity contribution in [1.82, 2.24) is 5.32 Å². The number of aliphatic hydroxyl groups excluding tert-OH is 5. The van der Waals surface area contributed by atoms with Gasteiger partial charge >= 0.3 is 0 Å². The fraction of sp³-hybridized carbons (Fsp3) is 0.792. The fourth-order valence-electron chi connectivity index (χ4n) is 7.71. The second kappa shape index (κ2) is 42.8. The van der Waals surface area contributed by atoms with Gasteiger partial charge in [-0.25, -0.2) is 0 Å². The van der Waals surface area contributed by atoms with Gasteiger partial charge < -0.3 is 40.3 Å². The molecule has 7 unspecified atom stereocenters. The number of aliphatic hydroxyl groups is 5. The Kier molecular flexibility index (Phi) is 40.0. The zero-order chi connectivity index (χ0) is 45.1. The second-order valence-electron chi connectivity index (χ2n) is 17.6. The lowest BCUT2D eigenvalue weighted by molar-refractivity contribution is -0.302. The van der Waals surface area contributed by atoms with E-state index in [-0.39, 0.29) is 12.5 Å². The lowest BCUT2D eigenvalue weighted by atomic mass is 9.99. The smallest absolute Gasteiger partial charge is 0.220 e. The highest BCUT2D eigenvalue weighted by Gasteiger charge is 2.44.